The molecule has 0 fully saturated rings. The van der Waals surface area contributed by atoms with Crippen LogP contribution in [0, 0.1) is 5.92 Å². The third-order valence-corrected chi connectivity index (χ3v) is 4.16. The van der Waals surface area contributed by atoms with E-state index in [1.807, 2.05) is 0 Å². The monoisotopic (exact) mass is 275 g/mol. The largest absolute Gasteiger partial charge is 0.313 e. The molecule has 0 aliphatic carbocycles. The molecule has 1 aromatic rings. The summed E-state index contributed by atoms with van der Waals surface area (Å²) < 4.78 is 0. The van der Waals surface area contributed by atoms with Gasteiger partial charge in [0, 0.05) is 6.04 Å². The molecule has 20 heavy (non-hydrogen) atoms. The van der Waals surface area contributed by atoms with E-state index in [0.29, 0.717) is 17.9 Å². The molecule has 1 rings (SSSR count). The lowest BCUT2D eigenvalue weighted by Crippen LogP contribution is -2.19. The molecule has 0 bridgehead atoms. The Bertz CT molecular complexity index is 404. The Balaban J connectivity index is 3.07. The summed E-state index contributed by atoms with van der Waals surface area (Å²) in [6.45, 7) is 13.8. The second kappa shape index (κ2) is 7.83. The summed E-state index contributed by atoms with van der Waals surface area (Å²) in [6, 6.07) is 7.57. The predicted octanol–water partition coefficient (Wildman–Crippen LogP) is 5.63. The fourth-order valence-corrected chi connectivity index (χ4v) is 2.73. The van der Waals surface area contributed by atoms with E-state index >= 15 is 0 Å². The van der Waals surface area contributed by atoms with Crippen molar-refractivity contribution in [2.45, 2.75) is 72.3 Å². The van der Waals surface area contributed by atoms with E-state index < -0.39 is 0 Å². The van der Waals surface area contributed by atoms with Gasteiger partial charge in [0.2, 0.25) is 0 Å². The Morgan fingerprint density at radius 3 is 1.95 bits per heavy atom. The van der Waals surface area contributed by atoms with E-state index in [1.165, 1.54) is 29.5 Å². The van der Waals surface area contributed by atoms with Crippen molar-refractivity contribution in [2.24, 2.45) is 5.92 Å². The Hall–Kier alpha value is -0.820. The van der Waals surface area contributed by atoms with Crippen LogP contribution < -0.4 is 5.32 Å². The van der Waals surface area contributed by atoms with Crippen LogP contribution >= 0.6 is 0 Å². The molecule has 1 aromatic carbocycles. The van der Waals surface area contributed by atoms with Crippen LogP contribution in [0.4, 0.5) is 0 Å². The quantitative estimate of drug-likeness (QED) is 0.680. The summed E-state index contributed by atoms with van der Waals surface area (Å²) >= 11 is 0. The molecule has 0 saturated carbocycles. The van der Waals surface area contributed by atoms with Gasteiger partial charge in [-0.1, -0.05) is 59.7 Å². The van der Waals surface area contributed by atoms with Crippen molar-refractivity contribution >= 4 is 0 Å². The standard InChI is InChI=1S/C19H33N/c1-13(2)8-11-19(20-7)17-10-9-16(14(3)4)12-18(17)15(5)6/h9-10,12-15,19-20H,8,11H2,1-7H3. The van der Waals surface area contributed by atoms with Crippen LogP contribution in [0.1, 0.15) is 89.0 Å². The maximum atomic E-state index is 3.52. The van der Waals surface area contributed by atoms with Crippen molar-refractivity contribution in [3.05, 3.63) is 34.9 Å². The molecule has 0 aliphatic heterocycles. The summed E-state index contributed by atoms with van der Waals surface area (Å²) in [5.74, 6) is 1.95. The fourth-order valence-electron chi connectivity index (χ4n) is 2.73. The zero-order valence-corrected chi connectivity index (χ0v) is 14.5. The summed E-state index contributed by atoms with van der Waals surface area (Å²) in [4.78, 5) is 0. The van der Waals surface area contributed by atoms with Gasteiger partial charge < -0.3 is 5.32 Å². The lowest BCUT2D eigenvalue weighted by molar-refractivity contribution is 0.461. The fraction of sp³-hybridized carbons (Fsp3) is 0.684. The topological polar surface area (TPSA) is 12.0 Å². The molecule has 1 unspecified atom stereocenters. The zero-order chi connectivity index (χ0) is 15.3. The molecule has 114 valence electrons. The van der Waals surface area contributed by atoms with Gasteiger partial charge in [-0.3, -0.25) is 0 Å². The molecule has 1 heteroatoms. The normalized spacial score (nSPS) is 13.5. The van der Waals surface area contributed by atoms with Gasteiger partial charge in [-0.15, -0.1) is 0 Å². The maximum absolute atomic E-state index is 3.52. The number of nitrogens with one attached hydrogen (secondary N) is 1. The summed E-state index contributed by atoms with van der Waals surface area (Å²) in [5, 5.41) is 3.52. The molecule has 0 spiro atoms. The first-order chi connectivity index (χ1) is 9.36. The average Bonchev–Trinajstić information content (AvgIpc) is 2.38. The van der Waals surface area contributed by atoms with Crippen LogP contribution in [-0.2, 0) is 0 Å². The van der Waals surface area contributed by atoms with E-state index in [4.69, 9.17) is 0 Å². The minimum Gasteiger partial charge on any atom is -0.313 e. The van der Waals surface area contributed by atoms with Crippen molar-refractivity contribution in [1.82, 2.24) is 5.32 Å². The van der Waals surface area contributed by atoms with Crippen molar-refractivity contribution in [3.63, 3.8) is 0 Å². The summed E-state index contributed by atoms with van der Waals surface area (Å²) in [7, 11) is 2.09. The maximum Gasteiger partial charge on any atom is 0.0320 e. The predicted molar refractivity (Wildman–Crippen MR) is 90.5 cm³/mol. The summed E-state index contributed by atoms with van der Waals surface area (Å²) in [5.41, 5.74) is 4.46. The van der Waals surface area contributed by atoms with Gasteiger partial charge in [-0.25, -0.2) is 0 Å². The van der Waals surface area contributed by atoms with Crippen molar-refractivity contribution in [1.29, 1.82) is 0 Å². The molecular formula is C19H33N. The number of benzene rings is 1. The second-order valence-corrected chi connectivity index (χ2v) is 7.01. The molecule has 0 heterocycles. The minimum atomic E-state index is 0.482. The molecule has 0 radical (unpaired) electrons. The van der Waals surface area contributed by atoms with Crippen LogP contribution in [0.2, 0.25) is 0 Å². The van der Waals surface area contributed by atoms with E-state index in [1.54, 1.807) is 0 Å². The van der Waals surface area contributed by atoms with Gasteiger partial charge in [0.05, 0.1) is 0 Å². The third-order valence-electron chi connectivity index (χ3n) is 4.16. The molecule has 1 nitrogen and oxygen atoms in total. The Labute approximate surface area is 126 Å². The highest BCUT2D eigenvalue weighted by Gasteiger charge is 2.17. The van der Waals surface area contributed by atoms with Crippen LogP contribution in [0.5, 0.6) is 0 Å². The van der Waals surface area contributed by atoms with E-state index in [2.05, 4.69) is 72.1 Å². The molecule has 1 N–H and O–H groups in total. The summed E-state index contributed by atoms with van der Waals surface area (Å²) in [6.07, 6.45) is 2.49. The van der Waals surface area contributed by atoms with Gasteiger partial charge in [0.15, 0.2) is 0 Å². The highest BCUT2D eigenvalue weighted by molar-refractivity contribution is 5.37. The smallest absolute Gasteiger partial charge is 0.0320 e. The van der Waals surface area contributed by atoms with Crippen LogP contribution in [-0.4, -0.2) is 7.05 Å². The Morgan fingerprint density at radius 1 is 0.850 bits per heavy atom. The van der Waals surface area contributed by atoms with Crippen molar-refractivity contribution < 1.29 is 0 Å². The number of hydrogen-bond donors (Lipinski definition) is 1. The Kier molecular flexibility index (Phi) is 6.75. The van der Waals surface area contributed by atoms with Crippen LogP contribution in [0.25, 0.3) is 0 Å². The first-order valence-corrected chi connectivity index (χ1v) is 8.17. The van der Waals surface area contributed by atoms with Gasteiger partial charge >= 0.3 is 0 Å². The first-order valence-electron chi connectivity index (χ1n) is 8.17. The number of rotatable bonds is 7. The lowest BCUT2D eigenvalue weighted by atomic mass is 9.86. The molecule has 0 aromatic heterocycles. The first kappa shape index (κ1) is 17.2. The lowest BCUT2D eigenvalue weighted by Gasteiger charge is -2.24. The van der Waals surface area contributed by atoms with Gasteiger partial charge in [-0.05, 0) is 54.3 Å². The van der Waals surface area contributed by atoms with Gasteiger partial charge in [0.1, 0.15) is 0 Å². The SMILES string of the molecule is CNC(CCC(C)C)c1ccc(C(C)C)cc1C(C)C. The highest BCUT2D eigenvalue weighted by Crippen LogP contribution is 2.31. The second-order valence-electron chi connectivity index (χ2n) is 7.01. The van der Waals surface area contributed by atoms with Crippen LogP contribution in [0.3, 0.4) is 0 Å². The van der Waals surface area contributed by atoms with Crippen LogP contribution in [0.15, 0.2) is 18.2 Å². The Morgan fingerprint density at radius 2 is 1.50 bits per heavy atom. The molecule has 0 aliphatic rings. The number of hydrogen-bond acceptors (Lipinski definition) is 1. The minimum absolute atomic E-state index is 0.482. The average molecular weight is 275 g/mol. The van der Waals surface area contributed by atoms with Crippen molar-refractivity contribution in [2.75, 3.05) is 7.05 Å². The van der Waals surface area contributed by atoms with Crippen molar-refractivity contribution in [3.8, 4) is 0 Å². The molecule has 1 atom stereocenters. The van der Waals surface area contributed by atoms with E-state index in [-0.39, 0.29) is 0 Å². The zero-order valence-electron chi connectivity index (χ0n) is 14.5. The van der Waals surface area contributed by atoms with Gasteiger partial charge in [-0.2, -0.15) is 0 Å². The van der Waals surface area contributed by atoms with E-state index in [0.717, 1.165) is 5.92 Å². The van der Waals surface area contributed by atoms with Gasteiger partial charge in [0.25, 0.3) is 0 Å². The highest BCUT2D eigenvalue weighted by atomic mass is 14.9. The molecule has 0 saturated heterocycles. The third kappa shape index (κ3) is 4.63. The molecule has 0 amide bonds. The van der Waals surface area contributed by atoms with E-state index in [9.17, 15) is 0 Å². The molecular weight excluding hydrogens is 242 g/mol.